The number of hydrogen-bond donors (Lipinski definition) is 5. The van der Waals surface area contributed by atoms with E-state index in [1.807, 2.05) is 43.3 Å². The van der Waals surface area contributed by atoms with Gasteiger partial charge in [-0.3, -0.25) is 19.2 Å². The van der Waals surface area contributed by atoms with Crippen molar-refractivity contribution in [3.05, 3.63) is 54.1 Å². The Morgan fingerprint density at radius 1 is 0.875 bits per heavy atom. The van der Waals surface area contributed by atoms with Crippen LogP contribution in [0, 0.1) is 12.3 Å². The molecule has 0 radical (unpaired) electrons. The average molecular weight is 698 g/mol. The van der Waals surface area contributed by atoms with E-state index >= 15 is 0 Å². The van der Waals surface area contributed by atoms with Crippen molar-refractivity contribution in [3.63, 3.8) is 0 Å². The number of nitrogens with one attached hydrogen (secondary N) is 4. The minimum absolute atomic E-state index is 0.00291. The van der Waals surface area contributed by atoms with Crippen LogP contribution in [0.2, 0.25) is 0 Å². The fraction of sp³-hybridized carbons (Fsp3) is 0.471. The standard InChI is InChI=1S/C34H47N7O5S2/c1-6-19-36-33(45)29(9-7-8-20-35-31(43)24-34(2,3)46)38-30(42)18-22-47-48-23-21-37-32(44)25-10-12-26(13-11-25)39-40-27-14-16-28(17-15-27)41(4)5/h1,10-17,29,46H,7-9,18-24H2,2-5H3,(H,35,43)(H,36,45)(H,37,44)(H,38,42). The second kappa shape index (κ2) is 21.7. The second-order valence-corrected chi connectivity index (χ2v) is 14.4. The quantitative estimate of drug-likeness (QED) is 0.0556. The van der Waals surface area contributed by atoms with Crippen LogP contribution >= 0.6 is 21.6 Å². The lowest BCUT2D eigenvalue weighted by Gasteiger charge is -2.18. The summed E-state index contributed by atoms with van der Waals surface area (Å²) in [5.41, 5.74) is 1.90. The van der Waals surface area contributed by atoms with Gasteiger partial charge in [0.05, 0.1) is 29.9 Å². The van der Waals surface area contributed by atoms with Gasteiger partial charge >= 0.3 is 0 Å². The van der Waals surface area contributed by atoms with Gasteiger partial charge in [0, 0.05) is 56.4 Å². The molecule has 1 unspecified atom stereocenters. The maximum atomic E-state index is 12.5. The van der Waals surface area contributed by atoms with E-state index in [1.165, 1.54) is 10.8 Å². The largest absolute Gasteiger partial charge is 0.390 e. The number of azo groups is 1. The normalized spacial score (nSPS) is 11.8. The molecule has 14 heteroatoms. The number of carbonyl (C=O) groups excluding carboxylic acids is 4. The Bertz CT molecular complexity index is 1390. The molecule has 0 aliphatic rings. The summed E-state index contributed by atoms with van der Waals surface area (Å²) in [4.78, 5) is 51.4. The van der Waals surface area contributed by atoms with Crippen LogP contribution in [-0.2, 0) is 14.4 Å². The summed E-state index contributed by atoms with van der Waals surface area (Å²) in [5, 5.41) is 29.2. The van der Waals surface area contributed by atoms with Crippen molar-refractivity contribution in [3.8, 4) is 12.3 Å². The third-order valence-corrected chi connectivity index (χ3v) is 9.00. The first-order chi connectivity index (χ1) is 22.9. The number of anilines is 1. The molecule has 1 atom stereocenters. The van der Waals surface area contributed by atoms with Crippen LogP contribution in [0.15, 0.2) is 58.8 Å². The summed E-state index contributed by atoms with van der Waals surface area (Å²) in [7, 11) is 7.00. The molecule has 0 aromatic heterocycles. The number of nitrogens with zero attached hydrogens (tertiary/aromatic N) is 3. The Kier molecular flexibility index (Phi) is 18.2. The lowest BCUT2D eigenvalue weighted by molar-refractivity contribution is -0.128. The lowest BCUT2D eigenvalue weighted by atomic mass is 10.1. The minimum atomic E-state index is -1.08. The number of aliphatic hydroxyl groups is 1. The molecule has 0 aliphatic heterocycles. The zero-order valence-corrected chi connectivity index (χ0v) is 29.7. The van der Waals surface area contributed by atoms with Crippen molar-refractivity contribution in [2.75, 3.05) is 50.1 Å². The highest BCUT2D eigenvalue weighted by molar-refractivity contribution is 8.76. The number of benzene rings is 2. The molecule has 2 rings (SSSR count). The maximum Gasteiger partial charge on any atom is 0.251 e. The van der Waals surface area contributed by atoms with Crippen molar-refractivity contribution in [1.82, 2.24) is 21.3 Å². The molecule has 4 amide bonds. The summed E-state index contributed by atoms with van der Waals surface area (Å²) in [6.07, 6.45) is 7.07. The molecule has 0 fully saturated rings. The van der Waals surface area contributed by atoms with Crippen molar-refractivity contribution in [1.29, 1.82) is 0 Å². The Morgan fingerprint density at radius 3 is 2.10 bits per heavy atom. The maximum absolute atomic E-state index is 12.5. The number of terminal acetylenes is 1. The first kappa shape index (κ1) is 40.1. The molecule has 48 heavy (non-hydrogen) atoms. The molecule has 0 bridgehead atoms. The van der Waals surface area contributed by atoms with Gasteiger partial charge in [0.1, 0.15) is 6.04 Å². The zero-order valence-electron chi connectivity index (χ0n) is 28.1. The molecule has 12 nitrogen and oxygen atoms in total. The van der Waals surface area contributed by atoms with Gasteiger partial charge in [0.25, 0.3) is 5.91 Å². The number of amides is 4. The molecule has 0 heterocycles. The molecule has 2 aromatic rings. The highest BCUT2D eigenvalue weighted by atomic mass is 33.1. The van der Waals surface area contributed by atoms with E-state index in [2.05, 4.69) is 37.4 Å². The summed E-state index contributed by atoms with van der Waals surface area (Å²) in [6.45, 7) is 4.06. The van der Waals surface area contributed by atoms with Crippen molar-refractivity contribution < 1.29 is 24.3 Å². The SMILES string of the molecule is C#CCNC(=O)C(CCCCNC(=O)CC(C)(C)O)NC(=O)CCSSCCNC(=O)c1ccc(N=Nc2ccc(N(C)C)cc2)cc1. The first-order valence-corrected chi connectivity index (χ1v) is 18.2. The van der Waals surface area contributed by atoms with Crippen molar-refractivity contribution in [2.24, 2.45) is 10.2 Å². The molecule has 0 aliphatic carbocycles. The van der Waals surface area contributed by atoms with Crippen LogP contribution in [0.1, 0.15) is 56.3 Å². The molecular formula is C34H47N7O5S2. The lowest BCUT2D eigenvalue weighted by Crippen LogP contribution is -2.47. The molecule has 260 valence electrons. The number of hydrogen-bond acceptors (Lipinski definition) is 10. The summed E-state index contributed by atoms with van der Waals surface area (Å²) >= 11 is 0. The monoisotopic (exact) mass is 697 g/mol. The Labute approximate surface area is 291 Å². The highest BCUT2D eigenvalue weighted by Gasteiger charge is 2.20. The van der Waals surface area contributed by atoms with Crippen LogP contribution in [0.3, 0.4) is 0 Å². The van der Waals surface area contributed by atoms with Gasteiger partial charge in [-0.25, -0.2) is 0 Å². The summed E-state index contributed by atoms with van der Waals surface area (Å²) < 4.78 is 0. The van der Waals surface area contributed by atoms with E-state index in [4.69, 9.17) is 6.42 Å². The Morgan fingerprint density at radius 2 is 1.50 bits per heavy atom. The predicted octanol–water partition coefficient (Wildman–Crippen LogP) is 4.35. The number of unbranched alkanes of at least 4 members (excludes halogenated alkanes) is 1. The van der Waals surface area contributed by atoms with E-state index in [-0.39, 0.29) is 43.0 Å². The van der Waals surface area contributed by atoms with Crippen LogP contribution in [0.25, 0.3) is 0 Å². The van der Waals surface area contributed by atoms with Gasteiger partial charge in [-0.1, -0.05) is 27.5 Å². The van der Waals surface area contributed by atoms with E-state index in [0.717, 1.165) is 11.4 Å². The topological polar surface area (TPSA) is 165 Å². The Hall–Kier alpha value is -4.06. The van der Waals surface area contributed by atoms with Crippen molar-refractivity contribution >= 4 is 62.3 Å². The van der Waals surface area contributed by atoms with Gasteiger partial charge < -0.3 is 31.3 Å². The van der Waals surface area contributed by atoms with Gasteiger partial charge in [0.15, 0.2) is 0 Å². The molecule has 2 aromatic carbocycles. The zero-order chi connectivity index (χ0) is 35.4. The number of rotatable bonds is 21. The highest BCUT2D eigenvalue weighted by Crippen LogP contribution is 2.23. The van der Waals surface area contributed by atoms with Gasteiger partial charge in [0.2, 0.25) is 17.7 Å². The third kappa shape index (κ3) is 17.2. The molecule has 0 saturated carbocycles. The summed E-state index contributed by atoms with van der Waals surface area (Å²) in [5.74, 6) is 2.51. The van der Waals surface area contributed by atoms with E-state index < -0.39 is 11.6 Å². The number of carbonyl (C=O) groups is 4. The van der Waals surface area contributed by atoms with Gasteiger partial charge in [-0.2, -0.15) is 10.2 Å². The van der Waals surface area contributed by atoms with Crippen LogP contribution in [0.5, 0.6) is 0 Å². The third-order valence-electron chi connectivity index (χ3n) is 6.59. The molecule has 5 N–H and O–H groups in total. The van der Waals surface area contributed by atoms with E-state index in [9.17, 15) is 24.3 Å². The van der Waals surface area contributed by atoms with Gasteiger partial charge in [-0.15, -0.1) is 6.42 Å². The van der Waals surface area contributed by atoms with E-state index in [1.54, 1.807) is 48.9 Å². The summed E-state index contributed by atoms with van der Waals surface area (Å²) in [6, 6.07) is 13.9. The second-order valence-electron chi connectivity index (χ2n) is 11.7. The van der Waals surface area contributed by atoms with Crippen molar-refractivity contribution in [2.45, 2.75) is 57.6 Å². The fourth-order valence-electron chi connectivity index (χ4n) is 4.13. The molecular weight excluding hydrogens is 651 g/mol. The van der Waals surface area contributed by atoms with E-state index in [0.29, 0.717) is 55.1 Å². The van der Waals surface area contributed by atoms with Crippen LogP contribution in [0.4, 0.5) is 17.1 Å². The minimum Gasteiger partial charge on any atom is -0.390 e. The fourth-order valence-corrected chi connectivity index (χ4v) is 6.02. The Balaban J connectivity index is 1.64. The average Bonchev–Trinajstić information content (AvgIpc) is 3.04. The first-order valence-electron chi connectivity index (χ1n) is 15.7. The molecule has 0 saturated heterocycles. The smallest absolute Gasteiger partial charge is 0.251 e. The van der Waals surface area contributed by atoms with Crippen LogP contribution in [-0.4, -0.2) is 85.6 Å². The van der Waals surface area contributed by atoms with Gasteiger partial charge in [-0.05, 0) is 81.6 Å². The van der Waals surface area contributed by atoms with Crippen LogP contribution < -0.4 is 26.2 Å². The molecule has 0 spiro atoms. The predicted molar refractivity (Wildman–Crippen MR) is 195 cm³/mol.